The smallest absolute Gasteiger partial charge is 0.202 e. The summed E-state index contributed by atoms with van der Waals surface area (Å²) in [5.41, 5.74) is 0. The lowest BCUT2D eigenvalue weighted by atomic mass is 9.93. The lowest BCUT2D eigenvalue weighted by molar-refractivity contribution is 0.445. The van der Waals surface area contributed by atoms with Gasteiger partial charge in [-0.2, -0.15) is 4.37 Å². The molecule has 1 aromatic rings. The summed E-state index contributed by atoms with van der Waals surface area (Å²) >= 11 is 1.48. The molecular formula is C8H13N3S. The van der Waals surface area contributed by atoms with E-state index in [1.165, 1.54) is 30.8 Å². The molecule has 1 aliphatic rings. The lowest BCUT2D eigenvalue weighted by Crippen LogP contribution is -2.26. The van der Waals surface area contributed by atoms with E-state index in [0.29, 0.717) is 6.04 Å². The second-order valence-corrected chi connectivity index (χ2v) is 3.89. The van der Waals surface area contributed by atoms with Crippen LogP contribution in [0.25, 0.3) is 0 Å². The van der Waals surface area contributed by atoms with Crippen molar-refractivity contribution in [3.8, 4) is 0 Å². The van der Waals surface area contributed by atoms with Crippen molar-refractivity contribution in [1.29, 1.82) is 0 Å². The van der Waals surface area contributed by atoms with Crippen molar-refractivity contribution in [2.24, 2.45) is 0 Å². The Hall–Kier alpha value is -0.640. The molecule has 0 radical (unpaired) electrons. The first kappa shape index (κ1) is 7.98. The molecule has 2 rings (SSSR count). The van der Waals surface area contributed by atoms with Crippen molar-refractivity contribution in [3.63, 3.8) is 0 Å². The van der Waals surface area contributed by atoms with Crippen LogP contribution in [0.4, 0.5) is 5.13 Å². The minimum Gasteiger partial charge on any atom is -0.358 e. The first-order chi connectivity index (χ1) is 5.88. The molecule has 1 aliphatic carbocycles. The SMILES string of the molecule is CCc1nsc(NC2CCC2)n1. The Kier molecular flexibility index (Phi) is 2.26. The summed E-state index contributed by atoms with van der Waals surface area (Å²) in [4.78, 5) is 4.35. The summed E-state index contributed by atoms with van der Waals surface area (Å²) in [7, 11) is 0. The van der Waals surface area contributed by atoms with Gasteiger partial charge in [-0.1, -0.05) is 6.92 Å². The van der Waals surface area contributed by atoms with E-state index >= 15 is 0 Å². The number of nitrogens with zero attached hydrogens (tertiary/aromatic N) is 2. The van der Waals surface area contributed by atoms with Crippen LogP contribution < -0.4 is 5.32 Å². The van der Waals surface area contributed by atoms with Crippen molar-refractivity contribution in [3.05, 3.63) is 5.82 Å². The van der Waals surface area contributed by atoms with Gasteiger partial charge in [0.2, 0.25) is 5.13 Å². The number of hydrogen-bond donors (Lipinski definition) is 1. The van der Waals surface area contributed by atoms with E-state index in [4.69, 9.17) is 0 Å². The molecule has 0 aliphatic heterocycles. The second-order valence-electron chi connectivity index (χ2n) is 3.14. The molecule has 0 unspecified atom stereocenters. The number of rotatable bonds is 3. The van der Waals surface area contributed by atoms with Crippen molar-refractivity contribution < 1.29 is 0 Å². The minimum absolute atomic E-state index is 0.669. The summed E-state index contributed by atoms with van der Waals surface area (Å²) in [6.45, 7) is 2.08. The van der Waals surface area contributed by atoms with Gasteiger partial charge in [0, 0.05) is 24.0 Å². The van der Waals surface area contributed by atoms with Crippen molar-refractivity contribution in [2.75, 3.05) is 5.32 Å². The van der Waals surface area contributed by atoms with E-state index < -0.39 is 0 Å². The third kappa shape index (κ3) is 1.58. The zero-order chi connectivity index (χ0) is 8.39. The van der Waals surface area contributed by atoms with E-state index in [1.54, 1.807) is 0 Å². The number of aromatic nitrogens is 2. The van der Waals surface area contributed by atoms with Gasteiger partial charge in [-0.15, -0.1) is 0 Å². The van der Waals surface area contributed by atoms with Crippen molar-refractivity contribution >= 4 is 16.7 Å². The molecule has 4 heteroatoms. The van der Waals surface area contributed by atoms with Crippen LogP contribution in [-0.4, -0.2) is 15.4 Å². The molecule has 1 heterocycles. The normalized spacial score (nSPS) is 17.4. The highest BCUT2D eigenvalue weighted by Crippen LogP contribution is 2.23. The van der Waals surface area contributed by atoms with Crippen molar-refractivity contribution in [2.45, 2.75) is 38.6 Å². The van der Waals surface area contributed by atoms with Crippen LogP contribution in [0.15, 0.2) is 0 Å². The van der Waals surface area contributed by atoms with Gasteiger partial charge in [-0.05, 0) is 19.3 Å². The molecule has 1 aromatic heterocycles. The van der Waals surface area contributed by atoms with Crippen molar-refractivity contribution in [1.82, 2.24) is 9.36 Å². The lowest BCUT2D eigenvalue weighted by Gasteiger charge is -2.25. The maximum atomic E-state index is 4.35. The van der Waals surface area contributed by atoms with Gasteiger partial charge in [0.25, 0.3) is 0 Å². The molecule has 12 heavy (non-hydrogen) atoms. The fourth-order valence-electron chi connectivity index (χ4n) is 1.18. The Morgan fingerprint density at radius 1 is 1.58 bits per heavy atom. The summed E-state index contributed by atoms with van der Waals surface area (Å²) in [5.74, 6) is 0.960. The fraction of sp³-hybridized carbons (Fsp3) is 0.750. The molecule has 0 saturated heterocycles. The van der Waals surface area contributed by atoms with Gasteiger partial charge in [0.15, 0.2) is 0 Å². The standard InChI is InChI=1S/C8H13N3S/c1-2-7-10-8(12-11-7)9-6-4-3-5-6/h6H,2-5H2,1H3,(H,9,10,11). The zero-order valence-corrected chi connectivity index (χ0v) is 8.02. The topological polar surface area (TPSA) is 37.8 Å². The Balaban J connectivity index is 1.93. The van der Waals surface area contributed by atoms with Crippen LogP contribution in [0.2, 0.25) is 0 Å². The second kappa shape index (κ2) is 3.39. The average molecular weight is 183 g/mol. The van der Waals surface area contributed by atoms with Crippen LogP contribution >= 0.6 is 11.5 Å². The zero-order valence-electron chi connectivity index (χ0n) is 7.21. The summed E-state index contributed by atoms with van der Waals surface area (Å²) < 4.78 is 4.21. The van der Waals surface area contributed by atoms with E-state index in [1.807, 2.05) is 0 Å². The molecule has 1 N–H and O–H groups in total. The Labute approximate surface area is 76.4 Å². The summed E-state index contributed by atoms with van der Waals surface area (Å²) in [6.07, 6.45) is 4.88. The summed E-state index contributed by atoms with van der Waals surface area (Å²) in [5, 5.41) is 4.37. The van der Waals surface area contributed by atoms with Gasteiger partial charge >= 0.3 is 0 Å². The predicted molar refractivity (Wildman–Crippen MR) is 50.5 cm³/mol. The van der Waals surface area contributed by atoms with Crippen LogP contribution in [-0.2, 0) is 6.42 Å². The fourth-order valence-corrected chi connectivity index (χ4v) is 1.91. The van der Waals surface area contributed by atoms with E-state index in [0.717, 1.165) is 17.4 Å². The minimum atomic E-state index is 0.669. The molecule has 0 atom stereocenters. The van der Waals surface area contributed by atoms with Gasteiger partial charge < -0.3 is 5.32 Å². The van der Waals surface area contributed by atoms with Crippen LogP contribution in [0.5, 0.6) is 0 Å². The molecule has 0 aromatic carbocycles. The first-order valence-electron chi connectivity index (χ1n) is 4.47. The third-order valence-corrected chi connectivity index (χ3v) is 2.90. The highest BCUT2D eigenvalue weighted by molar-refractivity contribution is 7.09. The quantitative estimate of drug-likeness (QED) is 0.779. The maximum absolute atomic E-state index is 4.35. The van der Waals surface area contributed by atoms with E-state index in [2.05, 4.69) is 21.6 Å². The van der Waals surface area contributed by atoms with Gasteiger partial charge in [0.05, 0.1) is 0 Å². The highest BCUT2D eigenvalue weighted by Gasteiger charge is 2.18. The van der Waals surface area contributed by atoms with Gasteiger partial charge in [-0.25, -0.2) is 4.98 Å². The molecule has 0 bridgehead atoms. The molecule has 66 valence electrons. The maximum Gasteiger partial charge on any atom is 0.202 e. The molecule has 1 saturated carbocycles. The molecule has 3 nitrogen and oxygen atoms in total. The number of anilines is 1. The average Bonchev–Trinajstić information content (AvgIpc) is 2.44. The molecule has 1 fully saturated rings. The molecular weight excluding hydrogens is 170 g/mol. The van der Waals surface area contributed by atoms with E-state index in [-0.39, 0.29) is 0 Å². The molecule has 0 amide bonds. The number of nitrogens with one attached hydrogen (secondary N) is 1. The van der Waals surface area contributed by atoms with Gasteiger partial charge in [-0.3, -0.25) is 0 Å². The first-order valence-corrected chi connectivity index (χ1v) is 5.25. The molecule has 0 spiro atoms. The Morgan fingerprint density at radius 2 is 2.42 bits per heavy atom. The summed E-state index contributed by atoms with van der Waals surface area (Å²) in [6, 6.07) is 0.669. The Morgan fingerprint density at radius 3 is 2.92 bits per heavy atom. The monoisotopic (exact) mass is 183 g/mol. The van der Waals surface area contributed by atoms with Crippen LogP contribution in [0.1, 0.15) is 32.0 Å². The Bertz CT molecular complexity index is 255. The largest absolute Gasteiger partial charge is 0.358 e. The number of hydrogen-bond acceptors (Lipinski definition) is 4. The number of aryl methyl sites for hydroxylation is 1. The van der Waals surface area contributed by atoms with Crippen LogP contribution in [0, 0.1) is 0 Å². The third-order valence-electron chi connectivity index (χ3n) is 2.22. The highest BCUT2D eigenvalue weighted by atomic mass is 32.1. The van der Waals surface area contributed by atoms with E-state index in [9.17, 15) is 0 Å². The van der Waals surface area contributed by atoms with Gasteiger partial charge in [0.1, 0.15) is 5.82 Å². The predicted octanol–water partition coefficient (Wildman–Crippen LogP) is 2.06. The van der Waals surface area contributed by atoms with Crippen LogP contribution in [0.3, 0.4) is 0 Å².